The molecule has 3 aromatic rings. The maximum atomic E-state index is 3.92. The zero-order valence-electron chi connectivity index (χ0n) is 12.0. The highest BCUT2D eigenvalue weighted by atomic mass is 127. The number of rotatable bonds is 2. The molecule has 1 atom stereocenters. The van der Waals surface area contributed by atoms with Gasteiger partial charge in [-0.05, 0) is 69.5 Å². The average molecular weight is 451 g/mol. The molecule has 0 saturated carbocycles. The van der Waals surface area contributed by atoms with Crippen LogP contribution >= 0.6 is 38.5 Å². The van der Waals surface area contributed by atoms with Gasteiger partial charge in [0.15, 0.2) is 0 Å². The van der Waals surface area contributed by atoms with Crippen LogP contribution in [0.3, 0.4) is 0 Å². The van der Waals surface area contributed by atoms with Crippen molar-refractivity contribution in [3.05, 3.63) is 80.4 Å². The van der Waals surface area contributed by atoms with Crippen LogP contribution in [-0.2, 0) is 0 Å². The maximum absolute atomic E-state index is 3.92. The van der Waals surface area contributed by atoms with Crippen molar-refractivity contribution in [2.45, 2.75) is 18.7 Å². The molecule has 0 spiro atoms. The van der Waals surface area contributed by atoms with Crippen molar-refractivity contribution in [1.29, 1.82) is 0 Å². The molecule has 0 bridgehead atoms. The average Bonchev–Trinajstić information content (AvgIpc) is 2.50. The number of fused-ring (bicyclic) bond motifs is 1. The summed E-state index contributed by atoms with van der Waals surface area (Å²) in [5, 5.41) is 2.67. The van der Waals surface area contributed by atoms with Crippen LogP contribution in [0.15, 0.2) is 54.6 Å². The van der Waals surface area contributed by atoms with Crippen LogP contribution in [0.1, 0.15) is 27.1 Å². The number of hydrogen-bond donors (Lipinski definition) is 0. The van der Waals surface area contributed by atoms with Crippen molar-refractivity contribution in [3.63, 3.8) is 0 Å². The normalized spacial score (nSPS) is 12.6. The minimum Gasteiger partial charge on any atom is -0.0786 e. The monoisotopic (exact) mass is 450 g/mol. The van der Waals surface area contributed by atoms with Gasteiger partial charge in [-0.3, -0.25) is 0 Å². The molecule has 0 aliphatic heterocycles. The first-order chi connectivity index (χ1) is 10.1. The van der Waals surface area contributed by atoms with Crippen LogP contribution in [-0.4, -0.2) is 0 Å². The van der Waals surface area contributed by atoms with Gasteiger partial charge in [-0.15, -0.1) is 0 Å². The van der Waals surface area contributed by atoms with E-state index in [0.29, 0.717) is 0 Å². The predicted octanol–water partition coefficient (Wildman–Crippen LogP) is 6.55. The van der Waals surface area contributed by atoms with Crippen LogP contribution in [0.25, 0.3) is 10.8 Å². The first-order valence-corrected chi connectivity index (χ1v) is 8.96. The SMILES string of the molecule is Cc1cccc(C(Br)c2ccc(C)c3ccccc23)c1I. The molecule has 0 aliphatic rings. The van der Waals surface area contributed by atoms with E-state index in [1.54, 1.807) is 0 Å². The van der Waals surface area contributed by atoms with E-state index >= 15 is 0 Å². The van der Waals surface area contributed by atoms with Crippen molar-refractivity contribution in [1.82, 2.24) is 0 Å². The van der Waals surface area contributed by atoms with E-state index in [1.807, 2.05) is 0 Å². The van der Waals surface area contributed by atoms with Crippen LogP contribution in [0.4, 0.5) is 0 Å². The van der Waals surface area contributed by atoms with E-state index in [4.69, 9.17) is 0 Å². The molecule has 0 heterocycles. The molecule has 0 aliphatic carbocycles. The fourth-order valence-corrected chi connectivity index (χ4v) is 4.61. The lowest BCUT2D eigenvalue weighted by molar-refractivity contribution is 1.16. The maximum Gasteiger partial charge on any atom is 0.0661 e. The summed E-state index contributed by atoms with van der Waals surface area (Å²) in [6.45, 7) is 4.34. The Kier molecular flexibility index (Phi) is 4.36. The van der Waals surface area contributed by atoms with Crippen LogP contribution in [0.5, 0.6) is 0 Å². The molecular weight excluding hydrogens is 435 g/mol. The fraction of sp³-hybridized carbons (Fsp3) is 0.158. The van der Waals surface area contributed by atoms with Crippen molar-refractivity contribution < 1.29 is 0 Å². The third-order valence-corrected chi connectivity index (χ3v) is 6.40. The molecule has 0 N–H and O–H groups in total. The predicted molar refractivity (Wildman–Crippen MR) is 103 cm³/mol. The second kappa shape index (κ2) is 6.09. The first-order valence-electron chi connectivity index (χ1n) is 6.97. The van der Waals surface area contributed by atoms with Gasteiger partial charge in [-0.2, -0.15) is 0 Å². The van der Waals surface area contributed by atoms with Gasteiger partial charge >= 0.3 is 0 Å². The molecule has 0 nitrogen and oxygen atoms in total. The van der Waals surface area contributed by atoms with E-state index in [-0.39, 0.29) is 4.83 Å². The molecule has 0 saturated heterocycles. The van der Waals surface area contributed by atoms with E-state index in [2.05, 4.69) is 107 Å². The van der Waals surface area contributed by atoms with Crippen LogP contribution < -0.4 is 0 Å². The molecule has 3 rings (SSSR count). The Labute approximate surface area is 147 Å². The van der Waals surface area contributed by atoms with Crippen molar-refractivity contribution in [2.24, 2.45) is 0 Å². The molecule has 0 fully saturated rings. The lowest BCUT2D eigenvalue weighted by Crippen LogP contribution is -1.99. The Morgan fingerprint density at radius 3 is 2.24 bits per heavy atom. The topological polar surface area (TPSA) is 0 Å². The van der Waals surface area contributed by atoms with Gasteiger partial charge in [0.05, 0.1) is 4.83 Å². The largest absolute Gasteiger partial charge is 0.0786 e. The summed E-state index contributed by atoms with van der Waals surface area (Å²) >= 11 is 6.37. The zero-order valence-corrected chi connectivity index (χ0v) is 15.8. The summed E-state index contributed by atoms with van der Waals surface area (Å²) in [5.41, 5.74) is 5.33. The first kappa shape index (κ1) is 15.0. The van der Waals surface area contributed by atoms with Gasteiger partial charge in [0.1, 0.15) is 0 Å². The van der Waals surface area contributed by atoms with Gasteiger partial charge < -0.3 is 0 Å². The molecule has 21 heavy (non-hydrogen) atoms. The molecule has 0 amide bonds. The number of alkyl halides is 1. The van der Waals surface area contributed by atoms with E-state index in [9.17, 15) is 0 Å². The van der Waals surface area contributed by atoms with Crippen molar-refractivity contribution in [2.75, 3.05) is 0 Å². The van der Waals surface area contributed by atoms with Crippen LogP contribution in [0.2, 0.25) is 0 Å². The highest BCUT2D eigenvalue weighted by Gasteiger charge is 2.17. The van der Waals surface area contributed by atoms with E-state index in [0.717, 1.165) is 0 Å². The molecule has 106 valence electrons. The third kappa shape index (κ3) is 2.76. The Balaban J connectivity index is 2.21. The summed E-state index contributed by atoms with van der Waals surface area (Å²) < 4.78 is 1.33. The summed E-state index contributed by atoms with van der Waals surface area (Å²) in [6, 6.07) is 19.6. The second-order valence-corrected chi connectivity index (χ2v) is 7.35. The standard InChI is InChI=1S/C19H16BrI/c1-12-10-11-16(15-8-4-3-7-14(12)15)18(20)17-9-5-6-13(2)19(17)21/h3-11,18H,1-2H3. The lowest BCUT2D eigenvalue weighted by Gasteiger charge is -2.17. The third-order valence-electron chi connectivity index (χ3n) is 3.94. The van der Waals surface area contributed by atoms with Gasteiger partial charge in [0.25, 0.3) is 0 Å². The smallest absolute Gasteiger partial charge is 0.0661 e. The number of benzene rings is 3. The van der Waals surface area contributed by atoms with Gasteiger partial charge in [-0.25, -0.2) is 0 Å². The fourth-order valence-electron chi connectivity index (χ4n) is 2.73. The Bertz CT molecular complexity index is 808. The molecular formula is C19H16BrI. The summed E-state index contributed by atoms with van der Waals surface area (Å²) in [5.74, 6) is 0. The van der Waals surface area contributed by atoms with Gasteiger partial charge in [0, 0.05) is 3.57 Å². The molecule has 2 heteroatoms. The van der Waals surface area contributed by atoms with Gasteiger partial charge in [0.2, 0.25) is 0 Å². The molecule has 1 unspecified atom stereocenters. The van der Waals surface area contributed by atoms with E-state index in [1.165, 1.54) is 36.6 Å². The minimum atomic E-state index is 0.217. The number of halogens is 2. The molecule has 3 aromatic carbocycles. The Hall–Kier alpha value is -0.870. The summed E-state index contributed by atoms with van der Waals surface area (Å²) in [6.07, 6.45) is 0. The van der Waals surface area contributed by atoms with Gasteiger partial charge in [-0.1, -0.05) is 70.5 Å². The van der Waals surface area contributed by atoms with Crippen LogP contribution in [0, 0.1) is 17.4 Å². The molecule has 0 aromatic heterocycles. The second-order valence-electron chi connectivity index (χ2n) is 5.36. The highest BCUT2D eigenvalue weighted by molar-refractivity contribution is 14.1. The summed E-state index contributed by atoms with van der Waals surface area (Å²) in [7, 11) is 0. The Morgan fingerprint density at radius 1 is 0.762 bits per heavy atom. The summed E-state index contributed by atoms with van der Waals surface area (Å²) in [4.78, 5) is 0.217. The quantitative estimate of drug-likeness (QED) is 0.307. The number of aryl methyl sites for hydroxylation is 2. The highest BCUT2D eigenvalue weighted by Crippen LogP contribution is 2.38. The zero-order chi connectivity index (χ0) is 15.0. The van der Waals surface area contributed by atoms with Crippen molar-refractivity contribution >= 4 is 49.3 Å². The van der Waals surface area contributed by atoms with E-state index < -0.39 is 0 Å². The number of hydrogen-bond acceptors (Lipinski definition) is 0. The minimum absolute atomic E-state index is 0.217. The Morgan fingerprint density at radius 2 is 1.48 bits per heavy atom. The lowest BCUT2D eigenvalue weighted by atomic mass is 9.95. The molecule has 0 radical (unpaired) electrons. The van der Waals surface area contributed by atoms with Crippen molar-refractivity contribution in [3.8, 4) is 0 Å².